The van der Waals surface area contributed by atoms with E-state index in [0.717, 1.165) is 16.7 Å². The molecule has 0 radical (unpaired) electrons. The number of amides is 3. The molecule has 0 bridgehead atoms. The number of anilines is 2. The van der Waals surface area contributed by atoms with Crippen LogP contribution in [0.4, 0.5) is 16.2 Å². The third-order valence-corrected chi connectivity index (χ3v) is 5.15. The molecule has 0 spiro atoms. The Morgan fingerprint density at radius 2 is 1.78 bits per heavy atom. The molecule has 3 amide bonds. The van der Waals surface area contributed by atoms with Crippen molar-refractivity contribution in [3.8, 4) is 0 Å². The molecule has 3 rings (SSSR count). The van der Waals surface area contributed by atoms with E-state index >= 15 is 0 Å². The molecule has 138 valence electrons. The molecule has 1 fully saturated rings. The summed E-state index contributed by atoms with van der Waals surface area (Å²) in [6.07, 6.45) is -0.152. The lowest BCUT2D eigenvalue weighted by Gasteiger charge is -2.14. The van der Waals surface area contributed by atoms with Crippen molar-refractivity contribution in [1.82, 2.24) is 5.32 Å². The number of para-hydroxylation sites is 1. The molecule has 0 saturated carbocycles. The maximum atomic E-state index is 12.5. The quantitative estimate of drug-likeness (QED) is 0.733. The number of thiocarbonyl (C=S) groups is 1. The number of thioether (sulfide) groups is 1. The van der Waals surface area contributed by atoms with Crippen molar-refractivity contribution in [2.24, 2.45) is 0 Å². The van der Waals surface area contributed by atoms with Crippen molar-refractivity contribution in [2.75, 3.05) is 10.2 Å². The van der Waals surface area contributed by atoms with Crippen LogP contribution in [0.5, 0.6) is 0 Å². The van der Waals surface area contributed by atoms with E-state index in [4.69, 9.17) is 23.8 Å². The molecule has 2 N–H and O–H groups in total. The Morgan fingerprint density at radius 3 is 2.44 bits per heavy atom. The molecular weight excluding hydrogens is 406 g/mol. The minimum absolute atomic E-state index is 0.101. The molecule has 1 aliphatic heterocycles. The SMILES string of the molecule is O=C(CC1SC(=O)N(c2ccccc2)C1=O)NC(=S)Nc1ccc(Cl)cc1. The second-order valence-electron chi connectivity index (χ2n) is 5.59. The van der Waals surface area contributed by atoms with E-state index in [0.29, 0.717) is 16.4 Å². The van der Waals surface area contributed by atoms with Crippen molar-refractivity contribution in [2.45, 2.75) is 11.7 Å². The van der Waals surface area contributed by atoms with Crippen LogP contribution in [0.15, 0.2) is 54.6 Å². The molecule has 1 saturated heterocycles. The highest BCUT2D eigenvalue weighted by Gasteiger charge is 2.41. The molecule has 9 heteroatoms. The van der Waals surface area contributed by atoms with Gasteiger partial charge < -0.3 is 10.6 Å². The fraction of sp³-hybridized carbons (Fsp3) is 0.111. The molecule has 1 unspecified atom stereocenters. The predicted octanol–water partition coefficient (Wildman–Crippen LogP) is 3.81. The fourth-order valence-electron chi connectivity index (χ4n) is 2.44. The van der Waals surface area contributed by atoms with Crippen LogP contribution in [0, 0.1) is 0 Å². The van der Waals surface area contributed by atoms with E-state index in [1.54, 1.807) is 54.6 Å². The van der Waals surface area contributed by atoms with Crippen molar-refractivity contribution in [3.63, 3.8) is 0 Å². The smallest absolute Gasteiger partial charge is 0.293 e. The second kappa shape index (κ2) is 8.51. The first-order valence-corrected chi connectivity index (χ1v) is 9.56. The van der Waals surface area contributed by atoms with Crippen LogP contribution in [0.3, 0.4) is 0 Å². The van der Waals surface area contributed by atoms with E-state index in [1.165, 1.54) is 0 Å². The molecule has 0 aliphatic carbocycles. The Morgan fingerprint density at radius 1 is 1.11 bits per heavy atom. The van der Waals surface area contributed by atoms with Crippen LogP contribution in [-0.4, -0.2) is 27.4 Å². The van der Waals surface area contributed by atoms with Crippen LogP contribution < -0.4 is 15.5 Å². The van der Waals surface area contributed by atoms with Gasteiger partial charge in [0.05, 0.1) is 5.69 Å². The summed E-state index contributed by atoms with van der Waals surface area (Å²) in [5.41, 5.74) is 1.16. The van der Waals surface area contributed by atoms with Crippen LogP contribution in [-0.2, 0) is 9.59 Å². The highest BCUT2D eigenvalue weighted by Crippen LogP contribution is 2.33. The number of nitrogens with zero attached hydrogens (tertiary/aromatic N) is 1. The molecule has 0 aromatic heterocycles. The minimum Gasteiger partial charge on any atom is -0.332 e. The molecule has 1 heterocycles. The molecule has 1 atom stereocenters. The Bertz CT molecular complexity index is 890. The highest BCUT2D eigenvalue weighted by molar-refractivity contribution is 8.15. The first-order chi connectivity index (χ1) is 12.9. The number of hydrogen-bond donors (Lipinski definition) is 2. The number of halogens is 1. The second-order valence-corrected chi connectivity index (χ2v) is 7.59. The van der Waals surface area contributed by atoms with E-state index < -0.39 is 22.3 Å². The molecule has 27 heavy (non-hydrogen) atoms. The summed E-state index contributed by atoms with van der Waals surface area (Å²) < 4.78 is 0. The summed E-state index contributed by atoms with van der Waals surface area (Å²) >= 11 is 11.7. The number of carbonyl (C=O) groups is 3. The van der Waals surface area contributed by atoms with E-state index in [9.17, 15) is 14.4 Å². The molecule has 1 aliphatic rings. The molecular formula is C18H14ClN3O3S2. The van der Waals surface area contributed by atoms with Gasteiger partial charge in [0.2, 0.25) is 11.8 Å². The topological polar surface area (TPSA) is 78.5 Å². The number of imide groups is 1. The van der Waals surface area contributed by atoms with Gasteiger partial charge >= 0.3 is 0 Å². The summed E-state index contributed by atoms with van der Waals surface area (Å²) in [4.78, 5) is 37.9. The van der Waals surface area contributed by atoms with Crippen molar-refractivity contribution in [3.05, 3.63) is 59.6 Å². The number of rotatable bonds is 4. The van der Waals surface area contributed by atoms with E-state index in [1.807, 2.05) is 0 Å². The summed E-state index contributed by atoms with van der Waals surface area (Å²) in [5, 5.41) is 4.87. The number of carbonyl (C=O) groups excluding carboxylic acids is 3. The normalized spacial score (nSPS) is 16.3. The summed E-state index contributed by atoms with van der Waals surface area (Å²) in [6.45, 7) is 0. The lowest BCUT2D eigenvalue weighted by Crippen LogP contribution is -2.38. The zero-order valence-corrected chi connectivity index (χ0v) is 16.2. The first kappa shape index (κ1) is 19.3. The van der Waals surface area contributed by atoms with Gasteiger partial charge in [-0.1, -0.05) is 29.8 Å². The summed E-state index contributed by atoms with van der Waals surface area (Å²) in [7, 11) is 0. The molecule has 2 aromatic carbocycles. The standard InChI is InChI=1S/C18H14ClN3O3S2/c19-11-6-8-12(9-7-11)20-17(26)21-15(23)10-14-16(24)22(18(25)27-14)13-4-2-1-3-5-13/h1-9,14H,10H2,(H2,20,21,23,26). The molecule has 2 aromatic rings. The Kier molecular flexibility index (Phi) is 6.10. The number of benzene rings is 2. The highest BCUT2D eigenvalue weighted by atomic mass is 35.5. The third-order valence-electron chi connectivity index (χ3n) is 3.66. The van der Waals surface area contributed by atoms with Gasteiger partial charge in [0.15, 0.2) is 5.11 Å². The number of hydrogen-bond acceptors (Lipinski definition) is 5. The van der Waals surface area contributed by atoms with Crippen molar-refractivity contribution in [1.29, 1.82) is 0 Å². The van der Waals surface area contributed by atoms with E-state index in [2.05, 4.69) is 10.6 Å². The Hall–Kier alpha value is -2.42. The van der Waals surface area contributed by atoms with Gasteiger partial charge in [0.25, 0.3) is 5.24 Å². The van der Waals surface area contributed by atoms with Crippen LogP contribution in [0.25, 0.3) is 0 Å². The monoisotopic (exact) mass is 419 g/mol. The van der Waals surface area contributed by atoms with Gasteiger partial charge in [-0.25, -0.2) is 4.90 Å². The zero-order chi connectivity index (χ0) is 19.4. The van der Waals surface area contributed by atoms with Gasteiger partial charge in [-0.3, -0.25) is 14.4 Å². The Balaban J connectivity index is 1.56. The largest absolute Gasteiger partial charge is 0.332 e. The fourth-order valence-corrected chi connectivity index (χ4v) is 3.78. The van der Waals surface area contributed by atoms with Crippen LogP contribution in [0.1, 0.15) is 6.42 Å². The average Bonchev–Trinajstić information content (AvgIpc) is 2.91. The maximum Gasteiger partial charge on any atom is 0.293 e. The first-order valence-electron chi connectivity index (χ1n) is 7.90. The lowest BCUT2D eigenvalue weighted by molar-refractivity contribution is -0.123. The van der Waals surface area contributed by atoms with Gasteiger partial charge in [-0.05, 0) is 60.4 Å². The van der Waals surface area contributed by atoms with E-state index in [-0.39, 0.29) is 11.5 Å². The van der Waals surface area contributed by atoms with Gasteiger partial charge in [0, 0.05) is 17.1 Å². The van der Waals surface area contributed by atoms with Crippen molar-refractivity contribution < 1.29 is 14.4 Å². The lowest BCUT2D eigenvalue weighted by atomic mass is 10.2. The van der Waals surface area contributed by atoms with Gasteiger partial charge in [-0.2, -0.15) is 0 Å². The van der Waals surface area contributed by atoms with Crippen LogP contribution >= 0.6 is 35.6 Å². The van der Waals surface area contributed by atoms with Gasteiger partial charge in [0.1, 0.15) is 5.25 Å². The Labute approximate surface area is 170 Å². The maximum absolute atomic E-state index is 12.5. The number of nitrogens with one attached hydrogen (secondary N) is 2. The zero-order valence-electron chi connectivity index (χ0n) is 13.8. The average molecular weight is 420 g/mol. The molecule has 6 nitrogen and oxygen atoms in total. The minimum atomic E-state index is -0.781. The van der Waals surface area contributed by atoms with Crippen LogP contribution in [0.2, 0.25) is 5.02 Å². The predicted molar refractivity (Wildman–Crippen MR) is 111 cm³/mol. The van der Waals surface area contributed by atoms with Gasteiger partial charge in [-0.15, -0.1) is 0 Å². The summed E-state index contributed by atoms with van der Waals surface area (Å²) in [5.74, 6) is -0.863. The summed E-state index contributed by atoms with van der Waals surface area (Å²) in [6, 6.07) is 15.4. The van der Waals surface area contributed by atoms with Crippen molar-refractivity contribution >= 4 is 69.1 Å². The third kappa shape index (κ3) is 4.85.